The van der Waals surface area contributed by atoms with E-state index in [1.807, 2.05) is 18.5 Å². The molecule has 0 saturated carbocycles. The zero-order chi connectivity index (χ0) is 15.6. The van der Waals surface area contributed by atoms with E-state index in [4.69, 9.17) is 4.74 Å². The molecule has 2 aromatic rings. The largest absolute Gasteiger partial charge is 0.486 e. The van der Waals surface area contributed by atoms with E-state index in [0.717, 1.165) is 22.4 Å². The van der Waals surface area contributed by atoms with Gasteiger partial charge in [0, 0.05) is 11.0 Å². The van der Waals surface area contributed by atoms with Gasteiger partial charge in [0.15, 0.2) is 0 Å². The van der Waals surface area contributed by atoms with Crippen LogP contribution in [0.25, 0.3) is 0 Å². The fourth-order valence-electron chi connectivity index (χ4n) is 1.95. The lowest BCUT2D eigenvalue weighted by atomic mass is 10.2. The first-order valence-corrected chi connectivity index (χ1v) is 7.90. The third-order valence-electron chi connectivity index (χ3n) is 2.99. The molecule has 1 N–H and O–H groups in total. The number of ether oxygens (including phenoxy) is 1. The van der Waals surface area contributed by atoms with Crippen molar-refractivity contribution in [3.63, 3.8) is 0 Å². The van der Waals surface area contributed by atoms with Crippen LogP contribution in [0.15, 0.2) is 27.1 Å². The van der Waals surface area contributed by atoms with Gasteiger partial charge in [0.1, 0.15) is 17.9 Å². The zero-order valence-corrected chi connectivity index (χ0v) is 14.7. The van der Waals surface area contributed by atoms with Crippen LogP contribution >= 0.6 is 31.9 Å². The van der Waals surface area contributed by atoms with Crippen LogP contribution in [0.5, 0.6) is 5.75 Å². The molecule has 0 fully saturated rings. The van der Waals surface area contributed by atoms with Crippen molar-refractivity contribution >= 4 is 37.8 Å². The van der Waals surface area contributed by atoms with Gasteiger partial charge in [-0.3, -0.25) is 4.68 Å². The Morgan fingerprint density at radius 2 is 2.14 bits per heavy atom. The normalized spacial score (nSPS) is 10.7. The number of nitrogens with zero attached hydrogens (tertiary/aromatic N) is 2. The number of aryl methyl sites for hydroxylation is 2. The van der Waals surface area contributed by atoms with Crippen LogP contribution in [0, 0.1) is 6.92 Å². The maximum absolute atomic E-state index is 11.3. The summed E-state index contributed by atoms with van der Waals surface area (Å²) in [6, 6.07) is 4.91. The molecular weight excluding hydrogens is 404 g/mol. The number of aromatic carboxylic acids is 1. The second-order valence-corrected chi connectivity index (χ2v) is 6.10. The monoisotopic (exact) mass is 416 g/mol. The molecule has 0 bridgehead atoms. The molecule has 1 heterocycles. The summed E-state index contributed by atoms with van der Waals surface area (Å²) in [5.74, 6) is -0.690. The first-order valence-electron chi connectivity index (χ1n) is 6.31. The highest BCUT2D eigenvalue weighted by Gasteiger charge is 2.16. The molecule has 0 aliphatic carbocycles. The van der Waals surface area contributed by atoms with Gasteiger partial charge in [0.05, 0.1) is 15.9 Å². The van der Waals surface area contributed by atoms with Gasteiger partial charge in [-0.2, -0.15) is 5.10 Å². The summed E-state index contributed by atoms with van der Waals surface area (Å²) in [5, 5.41) is 13.6. The molecule has 0 aliphatic rings. The van der Waals surface area contributed by atoms with Gasteiger partial charge >= 0.3 is 5.97 Å². The Morgan fingerprint density at radius 3 is 2.76 bits per heavy atom. The lowest BCUT2D eigenvalue weighted by Crippen LogP contribution is -2.08. The summed E-state index contributed by atoms with van der Waals surface area (Å²) < 4.78 is 9.10. The van der Waals surface area contributed by atoms with Crippen LogP contribution in [0.1, 0.15) is 28.7 Å². The summed E-state index contributed by atoms with van der Waals surface area (Å²) in [4.78, 5) is 11.3. The van der Waals surface area contributed by atoms with Crippen molar-refractivity contribution in [3.05, 3.63) is 44.1 Å². The van der Waals surface area contributed by atoms with Crippen molar-refractivity contribution in [1.29, 1.82) is 0 Å². The molecule has 0 atom stereocenters. The number of hydrogen-bond acceptors (Lipinski definition) is 3. The standard InChI is InChI=1S/C14H14Br2N2O3/c1-3-18-11(13(16)8(2)17-18)7-21-12-5-4-9(15)6-10(12)14(19)20/h4-6H,3,7H2,1-2H3,(H,19,20). The minimum absolute atomic E-state index is 0.125. The number of carboxylic acid groups (broad SMARTS) is 1. The SMILES string of the molecule is CCn1nc(C)c(Br)c1COc1ccc(Br)cc1C(=O)O. The number of halogens is 2. The molecule has 0 spiro atoms. The maximum Gasteiger partial charge on any atom is 0.339 e. The third kappa shape index (κ3) is 3.47. The summed E-state index contributed by atoms with van der Waals surface area (Å²) in [7, 11) is 0. The minimum Gasteiger partial charge on any atom is -0.486 e. The molecule has 1 aromatic heterocycles. The molecule has 2 rings (SSSR count). The molecule has 7 heteroatoms. The number of hydrogen-bond donors (Lipinski definition) is 1. The predicted octanol–water partition coefficient (Wildman–Crippen LogP) is 4.01. The van der Waals surface area contributed by atoms with Crippen LogP contribution in [0.2, 0.25) is 0 Å². The third-order valence-corrected chi connectivity index (χ3v) is 4.51. The highest BCUT2D eigenvalue weighted by atomic mass is 79.9. The molecule has 0 aliphatic heterocycles. The van der Waals surface area contributed by atoms with E-state index in [2.05, 4.69) is 37.0 Å². The molecule has 21 heavy (non-hydrogen) atoms. The molecule has 5 nitrogen and oxygen atoms in total. The second kappa shape index (κ2) is 6.62. The first-order chi connectivity index (χ1) is 9.93. The average Bonchev–Trinajstić information content (AvgIpc) is 2.72. The van der Waals surface area contributed by atoms with Crippen LogP contribution in [-0.2, 0) is 13.2 Å². The summed E-state index contributed by atoms with van der Waals surface area (Å²) in [6.45, 7) is 4.86. The van der Waals surface area contributed by atoms with E-state index in [1.165, 1.54) is 6.07 Å². The van der Waals surface area contributed by atoms with E-state index in [9.17, 15) is 9.90 Å². The van der Waals surface area contributed by atoms with Crippen LogP contribution in [0.4, 0.5) is 0 Å². The number of benzene rings is 1. The van der Waals surface area contributed by atoms with E-state index in [1.54, 1.807) is 12.1 Å². The minimum atomic E-state index is -1.02. The van der Waals surface area contributed by atoms with E-state index >= 15 is 0 Å². The predicted molar refractivity (Wildman–Crippen MR) is 85.8 cm³/mol. The van der Waals surface area contributed by atoms with Crippen LogP contribution in [-0.4, -0.2) is 20.9 Å². The summed E-state index contributed by atoms with van der Waals surface area (Å²) in [5.41, 5.74) is 1.89. The lowest BCUT2D eigenvalue weighted by molar-refractivity contribution is 0.0691. The Balaban J connectivity index is 2.27. The Labute approximate surface area is 139 Å². The molecule has 0 unspecified atom stereocenters. The topological polar surface area (TPSA) is 64.4 Å². The Morgan fingerprint density at radius 1 is 1.43 bits per heavy atom. The van der Waals surface area contributed by atoms with Gasteiger partial charge in [0.2, 0.25) is 0 Å². The van der Waals surface area contributed by atoms with Crippen molar-refractivity contribution in [3.8, 4) is 5.75 Å². The first kappa shape index (κ1) is 16.0. The molecular formula is C14H14Br2N2O3. The second-order valence-electron chi connectivity index (χ2n) is 4.40. The van der Waals surface area contributed by atoms with Gasteiger partial charge in [-0.05, 0) is 48.0 Å². The maximum atomic E-state index is 11.3. The molecule has 1 aromatic carbocycles. The number of carboxylic acids is 1. The number of aromatic nitrogens is 2. The highest BCUT2D eigenvalue weighted by molar-refractivity contribution is 9.10. The molecule has 0 saturated heterocycles. The fraction of sp³-hybridized carbons (Fsp3) is 0.286. The Bertz CT molecular complexity index is 683. The lowest BCUT2D eigenvalue weighted by Gasteiger charge is -2.11. The summed E-state index contributed by atoms with van der Waals surface area (Å²) >= 11 is 6.75. The van der Waals surface area contributed by atoms with Gasteiger partial charge in [-0.25, -0.2) is 4.79 Å². The van der Waals surface area contributed by atoms with Crippen LogP contribution in [0.3, 0.4) is 0 Å². The Hall–Kier alpha value is -1.34. The van der Waals surface area contributed by atoms with Crippen molar-refractivity contribution in [2.75, 3.05) is 0 Å². The average molecular weight is 418 g/mol. The van der Waals surface area contributed by atoms with Crippen molar-refractivity contribution < 1.29 is 14.6 Å². The van der Waals surface area contributed by atoms with E-state index < -0.39 is 5.97 Å². The van der Waals surface area contributed by atoms with Crippen molar-refractivity contribution in [1.82, 2.24) is 9.78 Å². The Kier molecular flexibility index (Phi) is 5.05. The fourth-order valence-corrected chi connectivity index (χ4v) is 2.71. The van der Waals surface area contributed by atoms with E-state index in [-0.39, 0.29) is 12.2 Å². The van der Waals surface area contributed by atoms with Gasteiger partial charge < -0.3 is 9.84 Å². The quantitative estimate of drug-likeness (QED) is 0.797. The van der Waals surface area contributed by atoms with Crippen molar-refractivity contribution in [2.45, 2.75) is 27.0 Å². The van der Waals surface area contributed by atoms with Crippen molar-refractivity contribution in [2.24, 2.45) is 0 Å². The highest BCUT2D eigenvalue weighted by Crippen LogP contribution is 2.26. The molecule has 0 amide bonds. The van der Waals surface area contributed by atoms with Gasteiger partial charge in [-0.15, -0.1) is 0 Å². The van der Waals surface area contributed by atoms with Gasteiger partial charge in [-0.1, -0.05) is 15.9 Å². The molecule has 0 radical (unpaired) electrons. The smallest absolute Gasteiger partial charge is 0.339 e. The number of carbonyl (C=O) groups is 1. The zero-order valence-electron chi connectivity index (χ0n) is 11.6. The van der Waals surface area contributed by atoms with E-state index in [0.29, 0.717) is 10.2 Å². The number of rotatable bonds is 5. The molecule has 112 valence electrons. The van der Waals surface area contributed by atoms with Crippen LogP contribution < -0.4 is 4.74 Å². The summed E-state index contributed by atoms with van der Waals surface area (Å²) in [6.07, 6.45) is 0. The van der Waals surface area contributed by atoms with Gasteiger partial charge in [0.25, 0.3) is 0 Å².